The maximum Gasteiger partial charge on any atom is 0.310 e. The molecule has 4 nitrogen and oxygen atoms in total. The summed E-state index contributed by atoms with van der Waals surface area (Å²) < 4.78 is 15.9. The SMILES string of the molecule is COc1ccc(CC(=O)O[C@@H]2CCC[C@@H]2OC)cc1. The van der Waals surface area contributed by atoms with Crippen LogP contribution in [0.15, 0.2) is 24.3 Å². The molecule has 0 aliphatic heterocycles. The van der Waals surface area contributed by atoms with Crippen molar-refractivity contribution in [1.82, 2.24) is 0 Å². The van der Waals surface area contributed by atoms with Crippen LogP contribution in [0.25, 0.3) is 0 Å². The molecule has 0 heterocycles. The second-order valence-electron chi connectivity index (χ2n) is 4.76. The van der Waals surface area contributed by atoms with Gasteiger partial charge in [-0.15, -0.1) is 0 Å². The summed E-state index contributed by atoms with van der Waals surface area (Å²) in [5, 5.41) is 0. The second-order valence-corrected chi connectivity index (χ2v) is 4.76. The van der Waals surface area contributed by atoms with Crippen molar-refractivity contribution in [2.75, 3.05) is 14.2 Å². The average Bonchev–Trinajstić information content (AvgIpc) is 2.86. The van der Waals surface area contributed by atoms with Gasteiger partial charge in [0.05, 0.1) is 19.6 Å². The third-order valence-corrected chi connectivity index (χ3v) is 3.49. The van der Waals surface area contributed by atoms with E-state index in [2.05, 4.69) is 0 Å². The van der Waals surface area contributed by atoms with Gasteiger partial charge < -0.3 is 14.2 Å². The van der Waals surface area contributed by atoms with Crippen molar-refractivity contribution in [3.63, 3.8) is 0 Å². The maximum absolute atomic E-state index is 11.9. The molecule has 1 saturated carbocycles. The molecule has 4 heteroatoms. The Morgan fingerprint density at radius 3 is 2.47 bits per heavy atom. The number of carbonyl (C=O) groups is 1. The molecule has 2 atom stereocenters. The molecule has 104 valence electrons. The number of hydrogen-bond donors (Lipinski definition) is 0. The average molecular weight is 264 g/mol. The highest BCUT2D eigenvalue weighted by molar-refractivity contribution is 5.72. The fraction of sp³-hybridized carbons (Fsp3) is 0.533. The summed E-state index contributed by atoms with van der Waals surface area (Å²) in [6.45, 7) is 0. The lowest BCUT2D eigenvalue weighted by atomic mass is 10.1. The van der Waals surface area contributed by atoms with Crippen molar-refractivity contribution >= 4 is 5.97 Å². The third-order valence-electron chi connectivity index (χ3n) is 3.49. The fourth-order valence-electron chi connectivity index (χ4n) is 2.42. The van der Waals surface area contributed by atoms with Gasteiger partial charge in [0.1, 0.15) is 11.9 Å². The van der Waals surface area contributed by atoms with Crippen LogP contribution >= 0.6 is 0 Å². The highest BCUT2D eigenvalue weighted by atomic mass is 16.6. The van der Waals surface area contributed by atoms with Crippen LogP contribution in [-0.4, -0.2) is 32.4 Å². The molecule has 0 amide bonds. The van der Waals surface area contributed by atoms with E-state index in [1.54, 1.807) is 14.2 Å². The Bertz CT molecular complexity index is 413. The van der Waals surface area contributed by atoms with Gasteiger partial charge in [0, 0.05) is 7.11 Å². The summed E-state index contributed by atoms with van der Waals surface area (Å²) in [5.41, 5.74) is 0.928. The smallest absolute Gasteiger partial charge is 0.310 e. The number of rotatable bonds is 5. The van der Waals surface area contributed by atoms with Gasteiger partial charge in [0.25, 0.3) is 0 Å². The molecule has 1 aliphatic rings. The minimum Gasteiger partial charge on any atom is -0.497 e. The van der Waals surface area contributed by atoms with Crippen molar-refractivity contribution in [3.8, 4) is 5.75 Å². The molecule has 0 N–H and O–H groups in total. The quantitative estimate of drug-likeness (QED) is 0.766. The highest BCUT2D eigenvalue weighted by Crippen LogP contribution is 2.24. The van der Waals surface area contributed by atoms with E-state index in [9.17, 15) is 4.79 Å². The normalized spacial score (nSPS) is 22.2. The van der Waals surface area contributed by atoms with Crippen LogP contribution < -0.4 is 4.74 Å². The first kappa shape index (κ1) is 13.9. The van der Waals surface area contributed by atoms with Crippen LogP contribution in [0.5, 0.6) is 5.75 Å². The van der Waals surface area contributed by atoms with Crippen molar-refractivity contribution in [3.05, 3.63) is 29.8 Å². The monoisotopic (exact) mass is 264 g/mol. The van der Waals surface area contributed by atoms with Gasteiger partial charge in [-0.3, -0.25) is 4.79 Å². The lowest BCUT2D eigenvalue weighted by Gasteiger charge is -2.18. The lowest BCUT2D eigenvalue weighted by molar-refractivity contribution is -0.153. The first-order chi connectivity index (χ1) is 9.22. The van der Waals surface area contributed by atoms with Gasteiger partial charge in [-0.1, -0.05) is 12.1 Å². The number of hydrogen-bond acceptors (Lipinski definition) is 4. The van der Waals surface area contributed by atoms with Crippen LogP contribution in [0.3, 0.4) is 0 Å². The van der Waals surface area contributed by atoms with Gasteiger partial charge in [-0.05, 0) is 37.0 Å². The van der Waals surface area contributed by atoms with Gasteiger partial charge in [-0.25, -0.2) is 0 Å². The Balaban J connectivity index is 1.86. The topological polar surface area (TPSA) is 44.8 Å². The molecule has 0 unspecified atom stereocenters. The predicted molar refractivity (Wildman–Crippen MR) is 71.2 cm³/mol. The van der Waals surface area contributed by atoms with Crippen LogP contribution in [0, 0.1) is 0 Å². The maximum atomic E-state index is 11.9. The van der Waals surface area contributed by atoms with E-state index in [4.69, 9.17) is 14.2 Å². The van der Waals surface area contributed by atoms with Crippen molar-refractivity contribution < 1.29 is 19.0 Å². The fourth-order valence-corrected chi connectivity index (χ4v) is 2.42. The molecule has 0 spiro atoms. The summed E-state index contributed by atoms with van der Waals surface area (Å²) >= 11 is 0. The first-order valence-electron chi connectivity index (χ1n) is 6.58. The molecule has 19 heavy (non-hydrogen) atoms. The molecule has 1 aliphatic carbocycles. The molecule has 1 aromatic carbocycles. The van der Waals surface area contributed by atoms with Gasteiger partial charge in [0.15, 0.2) is 0 Å². The lowest BCUT2D eigenvalue weighted by Crippen LogP contribution is -2.28. The summed E-state index contributed by atoms with van der Waals surface area (Å²) in [5.74, 6) is 0.589. The third kappa shape index (κ3) is 3.70. The van der Waals surface area contributed by atoms with E-state index in [1.165, 1.54) is 0 Å². The Labute approximate surface area is 113 Å². The Morgan fingerprint density at radius 2 is 1.84 bits per heavy atom. The molecular formula is C15H20O4. The highest BCUT2D eigenvalue weighted by Gasteiger charge is 2.30. The first-order valence-corrected chi connectivity index (χ1v) is 6.58. The van der Waals surface area contributed by atoms with Crippen LogP contribution in [-0.2, 0) is 20.7 Å². The number of esters is 1. The van der Waals surface area contributed by atoms with E-state index in [0.29, 0.717) is 0 Å². The number of ether oxygens (including phenoxy) is 3. The summed E-state index contributed by atoms with van der Waals surface area (Å²) in [4.78, 5) is 11.9. The Morgan fingerprint density at radius 1 is 1.16 bits per heavy atom. The minimum absolute atomic E-state index is 0.0554. The zero-order chi connectivity index (χ0) is 13.7. The number of carbonyl (C=O) groups excluding carboxylic acids is 1. The summed E-state index contributed by atoms with van der Waals surface area (Å²) in [6.07, 6.45) is 3.18. The molecule has 2 rings (SSSR count). The predicted octanol–water partition coefficient (Wildman–Crippen LogP) is 2.35. The molecule has 1 aromatic rings. The second kappa shape index (κ2) is 6.57. The Hall–Kier alpha value is -1.55. The van der Waals surface area contributed by atoms with E-state index in [1.807, 2.05) is 24.3 Å². The summed E-state index contributed by atoms with van der Waals surface area (Å²) in [6, 6.07) is 7.44. The molecule has 0 radical (unpaired) electrons. The largest absolute Gasteiger partial charge is 0.497 e. The number of benzene rings is 1. The van der Waals surface area contributed by atoms with Crippen LogP contribution in [0.2, 0.25) is 0 Å². The number of methoxy groups -OCH3 is 2. The van der Waals surface area contributed by atoms with Gasteiger partial charge >= 0.3 is 5.97 Å². The minimum atomic E-state index is -0.195. The van der Waals surface area contributed by atoms with Crippen molar-refractivity contribution in [2.24, 2.45) is 0 Å². The summed E-state index contributed by atoms with van der Waals surface area (Å²) in [7, 11) is 3.29. The van der Waals surface area contributed by atoms with Crippen molar-refractivity contribution in [2.45, 2.75) is 37.9 Å². The van der Waals surface area contributed by atoms with Crippen molar-refractivity contribution in [1.29, 1.82) is 0 Å². The van der Waals surface area contributed by atoms with Gasteiger partial charge in [-0.2, -0.15) is 0 Å². The Kier molecular flexibility index (Phi) is 4.80. The molecule has 0 aromatic heterocycles. The molecule has 1 fully saturated rings. The van der Waals surface area contributed by atoms with Crippen LogP contribution in [0.4, 0.5) is 0 Å². The molecule has 0 saturated heterocycles. The zero-order valence-electron chi connectivity index (χ0n) is 11.4. The van der Waals surface area contributed by atoms with E-state index in [-0.39, 0.29) is 24.6 Å². The van der Waals surface area contributed by atoms with E-state index >= 15 is 0 Å². The van der Waals surface area contributed by atoms with E-state index < -0.39 is 0 Å². The van der Waals surface area contributed by atoms with Gasteiger partial charge in [0.2, 0.25) is 0 Å². The van der Waals surface area contributed by atoms with E-state index in [0.717, 1.165) is 30.6 Å². The zero-order valence-corrected chi connectivity index (χ0v) is 11.4. The molecular weight excluding hydrogens is 244 g/mol. The standard InChI is InChI=1S/C15H20O4/c1-17-12-8-6-11(7-9-12)10-15(16)19-14-5-3-4-13(14)18-2/h6-9,13-14H,3-5,10H2,1-2H3/t13-,14+/m0/s1. The van der Waals surface area contributed by atoms with Crippen LogP contribution in [0.1, 0.15) is 24.8 Å². The molecule has 0 bridgehead atoms.